The van der Waals surface area contributed by atoms with E-state index in [0.717, 1.165) is 16.3 Å². The Kier molecular flexibility index (Phi) is 7.34. The average Bonchev–Trinajstić information content (AvgIpc) is 2.63. The van der Waals surface area contributed by atoms with Gasteiger partial charge in [0.05, 0.1) is 19.4 Å². The number of hydrogen-bond acceptors (Lipinski definition) is 3. The van der Waals surface area contributed by atoms with Gasteiger partial charge in [0, 0.05) is 13.1 Å². The number of carboxylic acids is 1. The van der Waals surface area contributed by atoms with Crippen molar-refractivity contribution in [2.45, 2.75) is 26.7 Å². The first-order valence-corrected chi connectivity index (χ1v) is 9.09. The van der Waals surface area contributed by atoms with Gasteiger partial charge in [0.1, 0.15) is 0 Å². The van der Waals surface area contributed by atoms with Crippen molar-refractivity contribution < 1.29 is 19.5 Å². The number of aliphatic carboxylic acids is 1. The molecule has 0 bridgehead atoms. The lowest BCUT2D eigenvalue weighted by atomic mass is 10.0. The molecule has 2 aromatic rings. The standard InChI is InChI=1S/C21H26N2O4/c1-15(2)14-23(11-10-21(26)27)20(25)13-22-19(24)12-17-8-5-7-16-6-3-4-9-18(16)17/h3-9,15H,10-14H2,1-2H3,(H,22,24)(H,26,27). The summed E-state index contributed by atoms with van der Waals surface area (Å²) in [5.41, 5.74) is 0.906. The number of amides is 2. The van der Waals surface area contributed by atoms with E-state index in [2.05, 4.69) is 5.32 Å². The molecule has 144 valence electrons. The maximum atomic E-state index is 12.4. The monoisotopic (exact) mass is 370 g/mol. The second-order valence-electron chi connectivity index (χ2n) is 6.97. The molecule has 6 heteroatoms. The maximum absolute atomic E-state index is 12.4. The van der Waals surface area contributed by atoms with E-state index >= 15 is 0 Å². The van der Waals surface area contributed by atoms with Crippen molar-refractivity contribution in [2.24, 2.45) is 5.92 Å². The summed E-state index contributed by atoms with van der Waals surface area (Å²) in [6.45, 7) is 4.40. The molecule has 0 fully saturated rings. The van der Waals surface area contributed by atoms with Crippen LogP contribution in [-0.2, 0) is 20.8 Å². The molecular formula is C21H26N2O4. The van der Waals surface area contributed by atoms with Crippen LogP contribution in [0.5, 0.6) is 0 Å². The molecule has 0 aromatic heterocycles. The van der Waals surface area contributed by atoms with E-state index < -0.39 is 5.97 Å². The van der Waals surface area contributed by atoms with Gasteiger partial charge in [-0.2, -0.15) is 0 Å². The Balaban J connectivity index is 1.94. The van der Waals surface area contributed by atoms with Crippen molar-refractivity contribution in [1.29, 1.82) is 0 Å². The number of benzene rings is 2. The first-order chi connectivity index (χ1) is 12.9. The fraction of sp³-hybridized carbons (Fsp3) is 0.381. The highest BCUT2D eigenvalue weighted by Gasteiger charge is 2.17. The minimum atomic E-state index is -0.948. The Morgan fingerprint density at radius 1 is 1.07 bits per heavy atom. The van der Waals surface area contributed by atoms with Gasteiger partial charge < -0.3 is 15.3 Å². The third-order valence-electron chi connectivity index (χ3n) is 4.20. The average molecular weight is 370 g/mol. The highest BCUT2D eigenvalue weighted by atomic mass is 16.4. The Hall–Kier alpha value is -2.89. The SMILES string of the molecule is CC(C)CN(CCC(=O)O)C(=O)CNC(=O)Cc1cccc2ccccc12. The van der Waals surface area contributed by atoms with Crippen LogP contribution < -0.4 is 5.32 Å². The second kappa shape index (κ2) is 9.71. The van der Waals surface area contributed by atoms with E-state index in [1.807, 2.05) is 56.3 Å². The number of carbonyl (C=O) groups is 3. The highest BCUT2D eigenvalue weighted by Crippen LogP contribution is 2.18. The number of nitrogens with zero attached hydrogens (tertiary/aromatic N) is 1. The molecule has 0 aliphatic heterocycles. The van der Waals surface area contributed by atoms with Crippen LogP contribution in [0.3, 0.4) is 0 Å². The van der Waals surface area contributed by atoms with Crippen LogP contribution >= 0.6 is 0 Å². The van der Waals surface area contributed by atoms with Crippen molar-refractivity contribution in [2.75, 3.05) is 19.6 Å². The van der Waals surface area contributed by atoms with Gasteiger partial charge in [-0.3, -0.25) is 14.4 Å². The minimum Gasteiger partial charge on any atom is -0.481 e. The van der Waals surface area contributed by atoms with E-state index in [-0.39, 0.29) is 43.7 Å². The van der Waals surface area contributed by atoms with Gasteiger partial charge in [-0.25, -0.2) is 0 Å². The zero-order valence-corrected chi connectivity index (χ0v) is 15.8. The Labute approximate surface area is 159 Å². The topological polar surface area (TPSA) is 86.7 Å². The molecule has 0 unspecified atom stereocenters. The maximum Gasteiger partial charge on any atom is 0.305 e. The van der Waals surface area contributed by atoms with Crippen molar-refractivity contribution in [3.05, 3.63) is 48.0 Å². The smallest absolute Gasteiger partial charge is 0.305 e. The lowest BCUT2D eigenvalue weighted by Crippen LogP contribution is -2.43. The van der Waals surface area contributed by atoms with Gasteiger partial charge in [-0.1, -0.05) is 56.3 Å². The van der Waals surface area contributed by atoms with E-state index in [1.165, 1.54) is 4.90 Å². The molecule has 0 radical (unpaired) electrons. The predicted octanol–water partition coefficient (Wildman–Crippen LogP) is 2.46. The first-order valence-electron chi connectivity index (χ1n) is 9.09. The molecule has 0 atom stereocenters. The second-order valence-corrected chi connectivity index (χ2v) is 6.97. The molecule has 2 N–H and O–H groups in total. The van der Waals surface area contributed by atoms with Gasteiger partial charge in [-0.15, -0.1) is 0 Å². The first kappa shape index (κ1) is 20.4. The Morgan fingerprint density at radius 2 is 1.78 bits per heavy atom. The molecule has 2 aromatic carbocycles. The van der Waals surface area contributed by atoms with E-state index in [1.54, 1.807) is 0 Å². The predicted molar refractivity (Wildman–Crippen MR) is 104 cm³/mol. The molecule has 0 spiro atoms. The van der Waals surface area contributed by atoms with Gasteiger partial charge in [-0.05, 0) is 22.3 Å². The van der Waals surface area contributed by atoms with Crippen molar-refractivity contribution >= 4 is 28.6 Å². The third-order valence-corrected chi connectivity index (χ3v) is 4.20. The van der Waals surface area contributed by atoms with Gasteiger partial charge >= 0.3 is 5.97 Å². The molecule has 2 amide bonds. The normalized spacial score (nSPS) is 10.8. The summed E-state index contributed by atoms with van der Waals surface area (Å²) in [5, 5.41) is 13.6. The number of fused-ring (bicyclic) bond motifs is 1. The molecular weight excluding hydrogens is 344 g/mol. The fourth-order valence-corrected chi connectivity index (χ4v) is 2.96. The lowest BCUT2D eigenvalue weighted by Gasteiger charge is -2.24. The van der Waals surface area contributed by atoms with Crippen LogP contribution in [0.1, 0.15) is 25.8 Å². The van der Waals surface area contributed by atoms with Crippen LogP contribution in [0.4, 0.5) is 0 Å². The van der Waals surface area contributed by atoms with Crippen LogP contribution in [0.2, 0.25) is 0 Å². The minimum absolute atomic E-state index is 0.109. The van der Waals surface area contributed by atoms with Crippen LogP contribution in [-0.4, -0.2) is 47.4 Å². The lowest BCUT2D eigenvalue weighted by molar-refractivity contribution is -0.139. The molecule has 6 nitrogen and oxygen atoms in total. The summed E-state index contributed by atoms with van der Waals surface area (Å²) in [6.07, 6.45) is 0.0797. The summed E-state index contributed by atoms with van der Waals surface area (Å²) in [6, 6.07) is 13.7. The molecule has 0 saturated heterocycles. The summed E-state index contributed by atoms with van der Waals surface area (Å²) in [4.78, 5) is 37.0. The van der Waals surface area contributed by atoms with Gasteiger partial charge in [0.15, 0.2) is 0 Å². The molecule has 2 rings (SSSR count). The van der Waals surface area contributed by atoms with Crippen molar-refractivity contribution in [3.63, 3.8) is 0 Å². The van der Waals surface area contributed by atoms with Crippen molar-refractivity contribution in [3.8, 4) is 0 Å². The highest BCUT2D eigenvalue weighted by molar-refractivity contribution is 5.91. The zero-order chi connectivity index (χ0) is 19.8. The van der Waals surface area contributed by atoms with E-state index in [4.69, 9.17) is 5.11 Å². The van der Waals surface area contributed by atoms with Gasteiger partial charge in [0.2, 0.25) is 11.8 Å². The van der Waals surface area contributed by atoms with Crippen LogP contribution in [0.25, 0.3) is 10.8 Å². The van der Waals surface area contributed by atoms with Crippen molar-refractivity contribution in [1.82, 2.24) is 10.2 Å². The number of carboxylic acid groups (broad SMARTS) is 1. The summed E-state index contributed by atoms with van der Waals surface area (Å²) in [5.74, 6) is -1.23. The molecule has 27 heavy (non-hydrogen) atoms. The Bertz CT molecular complexity index is 811. The van der Waals surface area contributed by atoms with E-state index in [0.29, 0.717) is 6.54 Å². The molecule has 0 heterocycles. The van der Waals surface area contributed by atoms with Crippen LogP contribution in [0, 0.1) is 5.92 Å². The molecule has 0 saturated carbocycles. The Morgan fingerprint density at radius 3 is 2.48 bits per heavy atom. The van der Waals surface area contributed by atoms with Gasteiger partial charge in [0.25, 0.3) is 0 Å². The summed E-state index contributed by atoms with van der Waals surface area (Å²) < 4.78 is 0. The number of carbonyl (C=O) groups excluding carboxylic acids is 2. The third kappa shape index (κ3) is 6.40. The number of hydrogen-bond donors (Lipinski definition) is 2. The fourth-order valence-electron chi connectivity index (χ4n) is 2.96. The molecule has 0 aliphatic rings. The number of rotatable bonds is 9. The largest absolute Gasteiger partial charge is 0.481 e. The van der Waals surface area contributed by atoms with Crippen LogP contribution in [0.15, 0.2) is 42.5 Å². The number of nitrogens with one attached hydrogen (secondary N) is 1. The quantitative estimate of drug-likeness (QED) is 0.710. The summed E-state index contributed by atoms with van der Waals surface area (Å²) in [7, 11) is 0. The molecule has 0 aliphatic carbocycles. The zero-order valence-electron chi connectivity index (χ0n) is 15.8. The summed E-state index contributed by atoms with van der Waals surface area (Å²) >= 11 is 0. The van der Waals surface area contributed by atoms with E-state index in [9.17, 15) is 14.4 Å².